The Morgan fingerprint density at radius 1 is 0.676 bits per heavy atom. The first-order valence-corrected chi connectivity index (χ1v) is 21.2. The number of benzene rings is 2. The Bertz CT molecular complexity index is 1120. The van der Waals surface area contributed by atoms with Crippen LogP contribution in [0.25, 0.3) is 21.8 Å². The average molecular weight is 632 g/mol. The van der Waals surface area contributed by atoms with Crippen LogP contribution in [0.2, 0.25) is 13.3 Å². The molecule has 0 radical (unpaired) electrons. The molecule has 34 heavy (non-hydrogen) atoms. The predicted octanol–water partition coefficient (Wildman–Crippen LogP) is 7.97. The largest absolute Gasteiger partial charge is 0.267 e. The van der Waals surface area contributed by atoms with Gasteiger partial charge in [-0.2, -0.15) is 5.10 Å². The molecule has 0 saturated heterocycles. The molecule has 0 aliphatic heterocycles. The molecule has 0 bridgehead atoms. The summed E-state index contributed by atoms with van der Waals surface area (Å²) in [5.74, 6) is 0. The molecule has 2 aromatic carbocycles. The number of aryl methyl sites for hydroxylation is 2. The molecule has 6 heteroatoms. The standard InChI is InChI=1S/C8H7BrN2.C8H7N2.3C4H9.Sn/c1-11-7-5-3-2-4-6(7)8(9)10-11;1-10-8-5-3-2-4-7(8)6-9-10;3*1-3-4-2;/h2-5H,1H3;2-5H,1H3;3*1,3-4H2,2H3;. The first-order chi connectivity index (χ1) is 16.5. The van der Waals surface area contributed by atoms with Gasteiger partial charge in [-0.15, -0.1) is 0 Å². The van der Waals surface area contributed by atoms with Gasteiger partial charge in [-0.1, -0.05) is 18.2 Å². The van der Waals surface area contributed by atoms with Crippen molar-refractivity contribution in [3.63, 3.8) is 0 Å². The molecule has 0 aliphatic carbocycles. The summed E-state index contributed by atoms with van der Waals surface area (Å²) in [6.45, 7) is 7.02. The third-order valence-corrected chi connectivity index (χ3v) is 22.7. The van der Waals surface area contributed by atoms with Crippen LogP contribution in [0.15, 0.2) is 53.1 Å². The number of nitrogens with zero attached hydrogens (tertiary/aromatic N) is 4. The Labute approximate surface area is 218 Å². The maximum absolute atomic E-state index is 5.13. The van der Waals surface area contributed by atoms with Crippen LogP contribution in [0.3, 0.4) is 0 Å². The second-order valence-corrected chi connectivity index (χ2v) is 23.2. The molecular formula is C28H41BrN4Sn. The number of hydrogen-bond donors (Lipinski definition) is 0. The summed E-state index contributed by atoms with van der Waals surface area (Å²) in [5.41, 5.74) is 2.48. The van der Waals surface area contributed by atoms with Crippen molar-refractivity contribution < 1.29 is 0 Å². The van der Waals surface area contributed by atoms with E-state index in [1.54, 1.807) is 3.71 Å². The Morgan fingerprint density at radius 2 is 1.12 bits per heavy atom. The molecule has 0 N–H and O–H groups in total. The molecule has 0 fully saturated rings. The number of para-hydroxylation sites is 2. The van der Waals surface area contributed by atoms with Crippen LogP contribution in [-0.4, -0.2) is 37.9 Å². The van der Waals surface area contributed by atoms with Crippen molar-refractivity contribution in [3.8, 4) is 0 Å². The Kier molecular flexibility index (Phi) is 10.5. The molecular weight excluding hydrogens is 591 g/mol. The van der Waals surface area contributed by atoms with Crippen molar-refractivity contribution in [1.29, 1.82) is 0 Å². The fourth-order valence-corrected chi connectivity index (χ4v) is 21.9. The minimum atomic E-state index is -2.42. The summed E-state index contributed by atoms with van der Waals surface area (Å²) in [6, 6.07) is 17.0. The summed E-state index contributed by atoms with van der Waals surface area (Å²) in [6.07, 6.45) is 8.16. The minimum absolute atomic E-state index is 0.913. The topological polar surface area (TPSA) is 35.6 Å². The molecule has 0 atom stereocenters. The second-order valence-electron chi connectivity index (χ2n) is 9.51. The quantitative estimate of drug-likeness (QED) is 0.166. The third-order valence-electron chi connectivity index (χ3n) is 7.00. The van der Waals surface area contributed by atoms with Gasteiger partial charge in [-0.05, 0) is 22.0 Å². The van der Waals surface area contributed by atoms with Crippen molar-refractivity contribution in [2.75, 3.05) is 0 Å². The van der Waals surface area contributed by atoms with Gasteiger partial charge in [0.2, 0.25) is 0 Å². The number of aromatic nitrogens is 4. The smallest absolute Gasteiger partial charge is 0.135 e. The van der Waals surface area contributed by atoms with Crippen LogP contribution in [0.5, 0.6) is 0 Å². The summed E-state index contributed by atoms with van der Waals surface area (Å²) < 4.78 is 11.0. The number of halogens is 1. The van der Waals surface area contributed by atoms with Crippen LogP contribution in [-0.2, 0) is 14.1 Å². The molecule has 4 nitrogen and oxygen atoms in total. The summed E-state index contributed by atoms with van der Waals surface area (Å²) in [5, 5.41) is 12.0. The molecule has 2 heterocycles. The van der Waals surface area contributed by atoms with E-state index in [1.807, 2.05) is 36.0 Å². The molecule has 0 unspecified atom stereocenters. The van der Waals surface area contributed by atoms with E-state index in [1.165, 1.54) is 62.7 Å². The van der Waals surface area contributed by atoms with Gasteiger partial charge in [0.1, 0.15) is 4.60 Å². The van der Waals surface area contributed by atoms with Gasteiger partial charge in [0, 0.05) is 12.4 Å². The van der Waals surface area contributed by atoms with Crippen LogP contribution in [0.4, 0.5) is 0 Å². The van der Waals surface area contributed by atoms with Crippen molar-refractivity contribution in [1.82, 2.24) is 19.6 Å². The van der Waals surface area contributed by atoms with Crippen molar-refractivity contribution in [2.45, 2.75) is 72.6 Å². The van der Waals surface area contributed by atoms with Crippen molar-refractivity contribution >= 4 is 59.8 Å². The van der Waals surface area contributed by atoms with Gasteiger partial charge in [-0.25, -0.2) is 0 Å². The minimum Gasteiger partial charge on any atom is -0.267 e. The molecule has 0 spiro atoms. The maximum Gasteiger partial charge on any atom is 0.135 e. The Hall–Kier alpha value is -1.34. The molecule has 0 saturated carbocycles. The molecule has 0 amide bonds. The molecule has 4 aromatic rings. The second kappa shape index (κ2) is 13.1. The molecule has 0 aliphatic rings. The Morgan fingerprint density at radius 3 is 1.62 bits per heavy atom. The van der Waals surface area contributed by atoms with Gasteiger partial charge in [-0.3, -0.25) is 4.68 Å². The van der Waals surface area contributed by atoms with E-state index in [9.17, 15) is 0 Å². The van der Waals surface area contributed by atoms with Crippen molar-refractivity contribution in [3.05, 3.63) is 53.1 Å². The number of fused-ring (bicyclic) bond motifs is 2. The monoisotopic (exact) mass is 632 g/mol. The first-order valence-electron chi connectivity index (χ1n) is 13.0. The zero-order valence-electron chi connectivity index (χ0n) is 21.6. The zero-order valence-corrected chi connectivity index (χ0v) is 26.1. The van der Waals surface area contributed by atoms with E-state index in [4.69, 9.17) is 5.10 Å². The van der Waals surface area contributed by atoms with Gasteiger partial charge >= 0.3 is 147 Å². The summed E-state index contributed by atoms with van der Waals surface area (Å²) >= 11 is 0.966. The molecule has 184 valence electrons. The fourth-order valence-electron chi connectivity index (χ4n) is 5.05. The SMILES string of the molecule is CCC[CH2][Sn]([CH2]CCC)([CH2]CCC)[c]1nn(C)c2ccccc12.Cn1nc(Br)c2ccccc21. The van der Waals surface area contributed by atoms with Crippen LogP contribution < -0.4 is 3.71 Å². The van der Waals surface area contributed by atoms with Crippen molar-refractivity contribution in [2.24, 2.45) is 14.1 Å². The zero-order chi connectivity index (χ0) is 24.6. The number of rotatable bonds is 10. The molecule has 2 aromatic heterocycles. The number of hydrogen-bond acceptors (Lipinski definition) is 2. The third kappa shape index (κ3) is 6.26. The average Bonchev–Trinajstić information content (AvgIpc) is 3.36. The first kappa shape index (κ1) is 27.2. The normalized spacial score (nSPS) is 11.7. The van der Waals surface area contributed by atoms with Gasteiger partial charge < -0.3 is 0 Å². The van der Waals surface area contributed by atoms with Crippen LogP contribution >= 0.6 is 15.9 Å². The van der Waals surface area contributed by atoms with Crippen LogP contribution in [0.1, 0.15) is 59.3 Å². The van der Waals surface area contributed by atoms with E-state index < -0.39 is 18.4 Å². The fraction of sp³-hybridized carbons (Fsp3) is 0.500. The summed E-state index contributed by atoms with van der Waals surface area (Å²) in [7, 11) is 4.06. The van der Waals surface area contributed by atoms with Gasteiger partial charge in [0.25, 0.3) is 0 Å². The predicted molar refractivity (Wildman–Crippen MR) is 154 cm³/mol. The van der Waals surface area contributed by atoms with E-state index in [0.717, 1.165) is 15.5 Å². The molecule has 4 rings (SSSR count). The van der Waals surface area contributed by atoms with E-state index in [0.29, 0.717) is 0 Å². The number of unbranched alkanes of at least 4 members (excludes halogenated alkanes) is 3. The van der Waals surface area contributed by atoms with Gasteiger partial charge in [0.05, 0.1) is 5.52 Å². The summed E-state index contributed by atoms with van der Waals surface area (Å²) in [4.78, 5) is 0. The van der Waals surface area contributed by atoms with Gasteiger partial charge in [0.15, 0.2) is 0 Å². The van der Waals surface area contributed by atoms with Crippen LogP contribution in [0, 0.1) is 0 Å². The van der Waals surface area contributed by atoms with E-state index in [2.05, 4.69) is 77.8 Å². The maximum atomic E-state index is 5.13. The van der Waals surface area contributed by atoms with E-state index in [-0.39, 0.29) is 0 Å². The van der Waals surface area contributed by atoms with E-state index >= 15 is 0 Å². The Balaban J connectivity index is 0.000000243.